The second-order valence-electron chi connectivity index (χ2n) is 24.8. The van der Waals surface area contributed by atoms with E-state index in [2.05, 4.69) is 123 Å². The van der Waals surface area contributed by atoms with Crippen LogP contribution in [0.1, 0.15) is 303 Å². The first kappa shape index (κ1) is 82.0. The summed E-state index contributed by atoms with van der Waals surface area (Å²) in [6.07, 6.45) is 90.3. The number of unbranched alkanes of at least 4 members (excludes halogenated alkanes) is 32. The molecule has 0 aromatic carbocycles. The number of carboxylic acids is 1. The molecule has 0 amide bonds. The number of carboxylic acid groups (broad SMARTS) is 1. The number of rotatable bonds is 65. The van der Waals surface area contributed by atoms with Crippen molar-refractivity contribution in [3.8, 4) is 0 Å². The van der Waals surface area contributed by atoms with Gasteiger partial charge in [0, 0.05) is 12.8 Å². The number of hydrogen-bond acceptors (Lipinski definition) is 8. The monoisotopic (exact) mass is 1200 g/mol. The molecule has 0 aliphatic carbocycles. The Morgan fingerprint density at radius 3 is 0.988 bits per heavy atom. The molecule has 0 bridgehead atoms. The second kappa shape index (κ2) is 66.9. The summed E-state index contributed by atoms with van der Waals surface area (Å²) in [6.45, 7) is 4.64. The molecule has 9 heteroatoms. The fraction of sp³-hybridized carbons (Fsp3) is 0.727. The standard InChI is InChI=1S/C77H133NO8/c1-6-8-10-12-14-16-18-20-22-24-26-28-30-32-34-36-37-38-39-40-42-44-46-48-50-52-54-56-58-60-62-64-66-68-75(80)86-73(72-85-77(76(81)82)83-70-69-78(3,4)5)71-84-74(79)67-65-63-61-59-57-55-53-51-49-47-45-43-41-35-33-31-29-27-25-23-21-19-17-15-13-11-9-7-2/h8,10,14,16,20,22,26,28,32,34,37-38,40,42,46,48,52,54,73,77H,6-7,9,11-13,15,17-19,21,23-25,27,29-31,33,35-36,39,41,43-45,47,49-51,53,55-72H2,1-5H3/b10-8-,16-14-,22-20-,28-26-,34-32-,38-37-,42-40-,48-46-,54-52-. The van der Waals surface area contributed by atoms with E-state index in [1.807, 2.05) is 21.1 Å². The van der Waals surface area contributed by atoms with Crippen molar-refractivity contribution in [2.24, 2.45) is 0 Å². The first-order chi connectivity index (χ1) is 42.1. The van der Waals surface area contributed by atoms with E-state index in [1.54, 1.807) is 0 Å². The van der Waals surface area contributed by atoms with E-state index in [0.717, 1.165) is 109 Å². The molecule has 0 aromatic heterocycles. The van der Waals surface area contributed by atoms with Gasteiger partial charge in [-0.15, -0.1) is 0 Å². The lowest BCUT2D eigenvalue weighted by Crippen LogP contribution is -2.44. The number of allylic oxidation sites excluding steroid dienone is 18. The van der Waals surface area contributed by atoms with Gasteiger partial charge in [-0.1, -0.05) is 316 Å². The minimum atomic E-state index is -1.63. The Kier molecular flexibility index (Phi) is 63.7. The molecule has 0 N–H and O–H groups in total. The van der Waals surface area contributed by atoms with E-state index in [4.69, 9.17) is 18.9 Å². The number of ether oxygens (including phenoxy) is 4. The predicted octanol–water partition coefficient (Wildman–Crippen LogP) is 20.9. The third-order valence-electron chi connectivity index (χ3n) is 15.3. The van der Waals surface area contributed by atoms with Crippen molar-refractivity contribution in [3.63, 3.8) is 0 Å². The van der Waals surface area contributed by atoms with E-state index >= 15 is 0 Å². The highest BCUT2D eigenvalue weighted by atomic mass is 16.7. The summed E-state index contributed by atoms with van der Waals surface area (Å²) in [4.78, 5) is 37.5. The number of likely N-dealkylation sites (N-methyl/N-ethyl adjacent to an activating group) is 1. The zero-order valence-corrected chi connectivity index (χ0v) is 56.4. The van der Waals surface area contributed by atoms with Gasteiger partial charge in [0.1, 0.15) is 13.2 Å². The molecule has 0 aromatic rings. The Morgan fingerprint density at radius 1 is 0.360 bits per heavy atom. The van der Waals surface area contributed by atoms with Crippen LogP contribution in [-0.4, -0.2) is 82.3 Å². The van der Waals surface area contributed by atoms with Gasteiger partial charge in [0.2, 0.25) is 0 Å². The van der Waals surface area contributed by atoms with Crippen LogP contribution in [0.4, 0.5) is 0 Å². The molecule has 0 spiro atoms. The minimum Gasteiger partial charge on any atom is -0.545 e. The van der Waals surface area contributed by atoms with Crippen LogP contribution in [0.2, 0.25) is 0 Å². The Morgan fingerprint density at radius 2 is 0.663 bits per heavy atom. The zero-order valence-electron chi connectivity index (χ0n) is 56.4. The lowest BCUT2D eigenvalue weighted by atomic mass is 10.0. The zero-order chi connectivity index (χ0) is 62.6. The molecule has 0 radical (unpaired) electrons. The van der Waals surface area contributed by atoms with Crippen LogP contribution in [0, 0.1) is 0 Å². The number of carbonyl (C=O) groups excluding carboxylic acids is 3. The molecule has 9 nitrogen and oxygen atoms in total. The molecule has 494 valence electrons. The number of carbonyl (C=O) groups is 3. The van der Waals surface area contributed by atoms with Gasteiger partial charge in [0.25, 0.3) is 0 Å². The molecule has 2 unspecified atom stereocenters. The van der Waals surface area contributed by atoms with Crippen LogP contribution in [0.25, 0.3) is 0 Å². The normalized spacial score (nSPS) is 13.4. The molecule has 0 saturated heterocycles. The summed E-state index contributed by atoms with van der Waals surface area (Å²) < 4.78 is 22.8. The Bertz CT molecular complexity index is 1780. The van der Waals surface area contributed by atoms with Crippen molar-refractivity contribution in [3.05, 3.63) is 109 Å². The van der Waals surface area contributed by atoms with Gasteiger partial charge in [-0.25, -0.2) is 0 Å². The highest BCUT2D eigenvalue weighted by molar-refractivity contribution is 5.70. The largest absolute Gasteiger partial charge is 0.545 e. The summed E-state index contributed by atoms with van der Waals surface area (Å²) in [5.41, 5.74) is 0. The van der Waals surface area contributed by atoms with Crippen molar-refractivity contribution in [1.29, 1.82) is 0 Å². The molecule has 0 heterocycles. The summed E-state index contributed by atoms with van der Waals surface area (Å²) in [7, 11) is 5.92. The number of esters is 2. The van der Waals surface area contributed by atoms with Crippen molar-refractivity contribution >= 4 is 17.9 Å². The smallest absolute Gasteiger partial charge is 0.306 e. The van der Waals surface area contributed by atoms with Crippen molar-refractivity contribution in [1.82, 2.24) is 0 Å². The fourth-order valence-electron chi connectivity index (χ4n) is 9.88. The van der Waals surface area contributed by atoms with Crippen LogP contribution < -0.4 is 5.11 Å². The third kappa shape index (κ3) is 67.5. The van der Waals surface area contributed by atoms with Gasteiger partial charge >= 0.3 is 11.9 Å². The summed E-state index contributed by atoms with van der Waals surface area (Å²) in [5, 5.41) is 11.8. The Labute approximate surface area is 530 Å². The molecule has 0 aliphatic rings. The predicted molar refractivity (Wildman–Crippen MR) is 366 cm³/mol. The lowest BCUT2D eigenvalue weighted by molar-refractivity contribution is -0.870. The fourth-order valence-corrected chi connectivity index (χ4v) is 9.88. The van der Waals surface area contributed by atoms with E-state index in [-0.39, 0.29) is 38.6 Å². The molecular formula is C77H133NO8. The summed E-state index contributed by atoms with van der Waals surface area (Å²) in [6, 6.07) is 0. The van der Waals surface area contributed by atoms with Crippen LogP contribution in [0.15, 0.2) is 109 Å². The lowest BCUT2D eigenvalue weighted by Gasteiger charge is -2.26. The van der Waals surface area contributed by atoms with E-state index in [1.165, 1.54) is 161 Å². The number of quaternary nitrogens is 1. The average Bonchev–Trinajstić information content (AvgIpc) is 3.64. The van der Waals surface area contributed by atoms with Crippen molar-refractivity contribution in [2.45, 2.75) is 315 Å². The molecule has 0 aliphatic heterocycles. The van der Waals surface area contributed by atoms with Crippen LogP contribution >= 0.6 is 0 Å². The Hall–Kier alpha value is -4.05. The molecular weight excluding hydrogens is 1070 g/mol. The highest BCUT2D eigenvalue weighted by Gasteiger charge is 2.22. The molecule has 0 saturated carbocycles. The highest BCUT2D eigenvalue weighted by Crippen LogP contribution is 2.18. The first-order valence-corrected chi connectivity index (χ1v) is 35.5. The number of hydrogen-bond donors (Lipinski definition) is 0. The van der Waals surface area contributed by atoms with E-state index in [0.29, 0.717) is 17.4 Å². The summed E-state index contributed by atoms with van der Waals surface area (Å²) in [5.74, 6) is -2.30. The van der Waals surface area contributed by atoms with E-state index < -0.39 is 24.3 Å². The third-order valence-corrected chi connectivity index (χ3v) is 15.3. The van der Waals surface area contributed by atoms with Crippen LogP contribution in [0.5, 0.6) is 0 Å². The maximum absolute atomic E-state index is 12.9. The number of nitrogens with zero attached hydrogens (tertiary/aromatic N) is 1. The van der Waals surface area contributed by atoms with Gasteiger partial charge in [0.05, 0.1) is 40.3 Å². The Balaban J connectivity index is 4.19. The van der Waals surface area contributed by atoms with Gasteiger partial charge < -0.3 is 33.3 Å². The maximum atomic E-state index is 12.9. The van der Waals surface area contributed by atoms with Gasteiger partial charge in [-0.05, 0) is 83.5 Å². The van der Waals surface area contributed by atoms with Gasteiger partial charge in [0.15, 0.2) is 12.4 Å². The topological polar surface area (TPSA) is 111 Å². The average molecular weight is 1200 g/mol. The molecule has 86 heavy (non-hydrogen) atoms. The molecule has 0 fully saturated rings. The van der Waals surface area contributed by atoms with Crippen molar-refractivity contribution < 1.29 is 42.9 Å². The van der Waals surface area contributed by atoms with Crippen LogP contribution in [-0.2, 0) is 33.3 Å². The van der Waals surface area contributed by atoms with E-state index in [9.17, 15) is 19.5 Å². The van der Waals surface area contributed by atoms with Gasteiger partial charge in [-0.2, -0.15) is 0 Å². The second-order valence-corrected chi connectivity index (χ2v) is 24.8. The van der Waals surface area contributed by atoms with Crippen molar-refractivity contribution in [2.75, 3.05) is 47.5 Å². The summed E-state index contributed by atoms with van der Waals surface area (Å²) >= 11 is 0. The van der Waals surface area contributed by atoms with Crippen LogP contribution in [0.3, 0.4) is 0 Å². The number of aliphatic carboxylic acids is 1. The maximum Gasteiger partial charge on any atom is 0.306 e. The molecule has 0 rings (SSSR count). The first-order valence-electron chi connectivity index (χ1n) is 35.5. The molecule has 2 atom stereocenters. The van der Waals surface area contributed by atoms with Gasteiger partial charge in [-0.3, -0.25) is 9.59 Å². The minimum absolute atomic E-state index is 0.140. The SMILES string of the molecule is CC/C=C\C/C=C\C/C=C\C/C=C\C/C=C\C/C=C\C/C=C\C/C=C\C/C=C\CCCCCCCC(=O)OC(COC(=O)CCCCCCCCCCCCCCCCCCCCCCCCCCCCCC)COC(OCC[N+](C)(C)C)C(=O)[O-]. The quantitative estimate of drug-likeness (QED) is 0.0195.